The molecule has 6 nitrogen and oxygen atoms in total. The molecule has 0 spiro atoms. The smallest absolute Gasteiger partial charge is 0.138 e. The lowest BCUT2D eigenvalue weighted by Crippen LogP contribution is -2.12. The molecule has 0 aliphatic rings. The third kappa shape index (κ3) is 11.0. The Balaban J connectivity index is 0.000000140. The highest BCUT2D eigenvalue weighted by molar-refractivity contribution is 6.34. The van der Waals surface area contributed by atoms with Gasteiger partial charge in [0.1, 0.15) is 44.7 Å². The number of fused-ring (bicyclic) bond motifs is 18. The molecule has 0 bridgehead atoms. The molecule has 6 heteroatoms. The topological polar surface area (TPSA) is 59.0 Å². The zero-order chi connectivity index (χ0) is 72.6. The van der Waals surface area contributed by atoms with Gasteiger partial charge in [0, 0.05) is 88.6 Å². The maximum Gasteiger partial charge on any atom is 0.138 e. The van der Waals surface area contributed by atoms with E-state index in [1.165, 1.54) is 33.4 Å². The van der Waals surface area contributed by atoms with E-state index in [0.29, 0.717) is 0 Å². The predicted molar refractivity (Wildman–Crippen MR) is 459 cm³/mol. The van der Waals surface area contributed by atoms with E-state index in [0.717, 1.165) is 177 Å². The molecule has 0 aliphatic carbocycles. The Morgan fingerprint density at radius 1 is 0.145 bits per heavy atom. The predicted octanol–water partition coefficient (Wildman–Crippen LogP) is 30.2. The molecule has 0 unspecified atom stereocenters. The van der Waals surface area contributed by atoms with Gasteiger partial charge >= 0.3 is 0 Å². The minimum absolute atomic E-state index is 0.829. The van der Waals surface area contributed by atoms with Crippen LogP contribution in [0.3, 0.4) is 0 Å². The van der Waals surface area contributed by atoms with E-state index in [4.69, 9.17) is 17.7 Å². The van der Waals surface area contributed by atoms with E-state index in [9.17, 15) is 0 Å². The Labute approximate surface area is 634 Å². The van der Waals surface area contributed by atoms with E-state index in [-0.39, 0.29) is 0 Å². The first-order valence-corrected chi connectivity index (χ1v) is 37.3. The van der Waals surface area contributed by atoms with Crippen molar-refractivity contribution in [3.63, 3.8) is 0 Å². The SMILES string of the molecule is c1ccc(-c2ccc(-c3ccccc3N(c3ccc(-c4ccccc4)cc3)c3cc4oc5ccc6oc7ccccc7c6c5c4c4ccccc34)cc2)cc1.c1ccc(-c2ccc(N(c3cc(-c4ccccc4)cc(-c4ccccc4)c3)c3cc4oc5ccc6oc7ccccc7c6c5c4c4ccccc34)cc2)cc1. The number of rotatable bonds is 12. The third-order valence-electron chi connectivity index (χ3n) is 21.7. The average Bonchev–Trinajstić information content (AvgIpc) is 1.55. The van der Waals surface area contributed by atoms with Crippen LogP contribution in [0.5, 0.6) is 0 Å². The highest BCUT2D eigenvalue weighted by Crippen LogP contribution is 2.52. The summed E-state index contributed by atoms with van der Waals surface area (Å²) in [7, 11) is 0. The standard InChI is InChI=1S/2C52H33NO2/c1-4-14-34(15-5-1)37-24-26-40(27-25-37)53(41-31-38(35-16-6-2-7-17-35)30-39(32-41)36-18-8-3-9-19-36)45-33-49-50(43-21-11-10-20-42(43)45)52-48(55-49)29-28-47-51(52)44-22-12-13-23-46(44)54-47;1-3-13-34(14-4-1)36-23-25-38(26-24-36)40-17-9-11-21-44(40)53(39-29-27-37(28-30-39)35-15-5-2-6-16-35)45-33-49-50(42-19-8-7-18-41(42)45)52-48(55-49)32-31-47-51(52)43-20-10-12-22-46(43)54-47/h2*1-33H. The molecule has 4 aromatic heterocycles. The molecule has 4 heterocycles. The molecular formula is C104H66N2O4. The van der Waals surface area contributed by atoms with Gasteiger partial charge in [-0.1, -0.05) is 303 Å². The van der Waals surface area contributed by atoms with Gasteiger partial charge in [-0.25, -0.2) is 0 Å². The van der Waals surface area contributed by atoms with E-state index in [2.05, 4.69) is 362 Å². The summed E-state index contributed by atoms with van der Waals surface area (Å²) in [6.07, 6.45) is 0. The molecule has 0 saturated carbocycles. The van der Waals surface area contributed by atoms with Crippen molar-refractivity contribution in [2.75, 3.05) is 9.80 Å². The summed E-state index contributed by atoms with van der Waals surface area (Å²) in [5.41, 5.74) is 27.1. The third-order valence-corrected chi connectivity index (χ3v) is 21.7. The molecule has 0 radical (unpaired) electrons. The van der Waals surface area contributed by atoms with Crippen LogP contribution >= 0.6 is 0 Å². The van der Waals surface area contributed by atoms with Crippen LogP contribution in [0.1, 0.15) is 0 Å². The van der Waals surface area contributed by atoms with Crippen molar-refractivity contribution in [3.05, 3.63) is 400 Å². The van der Waals surface area contributed by atoms with Gasteiger partial charge in [0.15, 0.2) is 0 Å². The summed E-state index contributed by atoms with van der Waals surface area (Å²) in [4.78, 5) is 4.79. The van der Waals surface area contributed by atoms with Crippen molar-refractivity contribution in [3.8, 4) is 66.8 Å². The number of nitrogens with zero attached hydrogens (tertiary/aromatic N) is 2. The molecule has 110 heavy (non-hydrogen) atoms. The summed E-state index contributed by atoms with van der Waals surface area (Å²) >= 11 is 0. The van der Waals surface area contributed by atoms with Crippen molar-refractivity contribution in [1.82, 2.24) is 0 Å². The Morgan fingerprint density at radius 3 is 0.864 bits per heavy atom. The van der Waals surface area contributed by atoms with Crippen molar-refractivity contribution in [1.29, 1.82) is 0 Å². The number of hydrogen-bond acceptors (Lipinski definition) is 6. The molecule has 22 rings (SSSR count). The average molecular weight is 1410 g/mol. The summed E-state index contributed by atoms with van der Waals surface area (Å²) in [6.45, 7) is 0. The molecule has 0 amide bonds. The molecule has 0 N–H and O–H groups in total. The fraction of sp³-hybridized carbons (Fsp3) is 0. The number of anilines is 6. The van der Waals surface area contributed by atoms with Crippen molar-refractivity contribution in [2.24, 2.45) is 0 Å². The molecule has 0 saturated heterocycles. The number of furan rings is 4. The van der Waals surface area contributed by atoms with Gasteiger partial charge in [0.2, 0.25) is 0 Å². The molecule has 0 fully saturated rings. The van der Waals surface area contributed by atoms with E-state index in [1.807, 2.05) is 48.5 Å². The van der Waals surface area contributed by atoms with Crippen LogP contribution in [0.2, 0.25) is 0 Å². The summed E-state index contributed by atoms with van der Waals surface area (Å²) in [5, 5.41) is 13.2. The quantitative estimate of drug-likeness (QED) is 0.121. The van der Waals surface area contributed by atoms with Crippen LogP contribution in [0.4, 0.5) is 34.1 Å². The lowest BCUT2D eigenvalue weighted by molar-refractivity contribution is 0.663. The maximum absolute atomic E-state index is 6.84. The first kappa shape index (κ1) is 63.7. The van der Waals surface area contributed by atoms with Crippen LogP contribution in [0.25, 0.3) is 176 Å². The summed E-state index contributed by atoms with van der Waals surface area (Å²) < 4.78 is 26.4. The van der Waals surface area contributed by atoms with Crippen LogP contribution in [0, 0.1) is 0 Å². The second-order valence-corrected chi connectivity index (χ2v) is 28.1. The molecule has 18 aromatic carbocycles. The molecule has 0 aliphatic heterocycles. The summed E-state index contributed by atoms with van der Waals surface area (Å²) in [5.74, 6) is 0. The Morgan fingerprint density at radius 2 is 0.436 bits per heavy atom. The van der Waals surface area contributed by atoms with E-state index >= 15 is 0 Å². The molecule has 22 aromatic rings. The fourth-order valence-electron chi connectivity index (χ4n) is 16.6. The highest BCUT2D eigenvalue weighted by atomic mass is 16.3. The van der Waals surface area contributed by atoms with Crippen LogP contribution in [0.15, 0.2) is 418 Å². The maximum atomic E-state index is 6.84. The van der Waals surface area contributed by atoms with Crippen molar-refractivity contribution < 1.29 is 17.7 Å². The highest BCUT2D eigenvalue weighted by Gasteiger charge is 2.27. The zero-order valence-corrected chi connectivity index (χ0v) is 59.6. The fourth-order valence-corrected chi connectivity index (χ4v) is 16.6. The monoisotopic (exact) mass is 1410 g/mol. The van der Waals surface area contributed by atoms with E-state index < -0.39 is 0 Å². The first-order chi connectivity index (χ1) is 54.5. The van der Waals surface area contributed by atoms with Gasteiger partial charge in [-0.15, -0.1) is 0 Å². The Hall–Kier alpha value is -14.7. The van der Waals surface area contributed by atoms with Crippen LogP contribution in [-0.4, -0.2) is 0 Å². The zero-order valence-electron chi connectivity index (χ0n) is 59.6. The summed E-state index contributed by atoms with van der Waals surface area (Å²) in [6, 6.07) is 142. The lowest BCUT2D eigenvalue weighted by Gasteiger charge is -2.29. The van der Waals surface area contributed by atoms with Crippen LogP contribution in [-0.2, 0) is 0 Å². The Kier molecular flexibility index (Phi) is 15.5. The molecule has 516 valence electrons. The van der Waals surface area contributed by atoms with Gasteiger partial charge in [-0.2, -0.15) is 0 Å². The first-order valence-electron chi connectivity index (χ1n) is 37.3. The van der Waals surface area contributed by atoms with Crippen LogP contribution < -0.4 is 9.80 Å². The normalized spacial score (nSPS) is 11.6. The number of hydrogen-bond donors (Lipinski definition) is 0. The van der Waals surface area contributed by atoms with Gasteiger partial charge < -0.3 is 27.5 Å². The minimum Gasteiger partial charge on any atom is -0.456 e. The van der Waals surface area contributed by atoms with Gasteiger partial charge in [-0.05, 0) is 157 Å². The van der Waals surface area contributed by atoms with E-state index in [1.54, 1.807) is 0 Å². The van der Waals surface area contributed by atoms with Crippen molar-refractivity contribution in [2.45, 2.75) is 0 Å². The van der Waals surface area contributed by atoms with Crippen molar-refractivity contribution >= 4 is 143 Å². The van der Waals surface area contributed by atoms with Gasteiger partial charge in [0.05, 0.1) is 17.1 Å². The largest absolute Gasteiger partial charge is 0.456 e. The number of para-hydroxylation sites is 3. The number of benzene rings is 18. The second-order valence-electron chi connectivity index (χ2n) is 28.1. The molecule has 0 atom stereocenters. The molecular weight excluding hydrogens is 1340 g/mol. The Bertz CT molecular complexity index is 7170. The van der Waals surface area contributed by atoms with Gasteiger partial charge in [-0.3, -0.25) is 0 Å². The minimum atomic E-state index is 0.829. The van der Waals surface area contributed by atoms with Gasteiger partial charge in [0.25, 0.3) is 0 Å². The lowest BCUT2D eigenvalue weighted by atomic mass is 9.96. The second kappa shape index (κ2) is 26.7.